The van der Waals surface area contributed by atoms with Crippen molar-refractivity contribution in [3.05, 3.63) is 0 Å². The fourth-order valence-electron chi connectivity index (χ4n) is 3.12. The Balaban J connectivity index is 1.83. The van der Waals surface area contributed by atoms with Crippen LogP contribution in [0.2, 0.25) is 0 Å². The molecule has 0 bridgehead atoms. The summed E-state index contributed by atoms with van der Waals surface area (Å²) in [7, 11) is 0. The lowest BCUT2D eigenvalue weighted by atomic mass is 9.77. The molecule has 1 unspecified atom stereocenters. The van der Waals surface area contributed by atoms with Crippen molar-refractivity contribution in [2.45, 2.75) is 76.4 Å². The van der Waals surface area contributed by atoms with Gasteiger partial charge < -0.3 is 4.74 Å². The molecule has 1 saturated carbocycles. The van der Waals surface area contributed by atoms with Crippen molar-refractivity contribution in [2.24, 2.45) is 0 Å². The lowest BCUT2D eigenvalue weighted by Gasteiger charge is -2.30. The molecule has 4 heteroatoms. The fraction of sp³-hybridized carbons (Fsp3) is 0.929. The molecular weight excluding hydrogens is 232 g/mol. The summed E-state index contributed by atoms with van der Waals surface area (Å²) < 4.78 is 4.95. The third kappa shape index (κ3) is 3.23. The first-order valence-corrected chi connectivity index (χ1v) is 7.10. The van der Waals surface area contributed by atoms with Gasteiger partial charge in [0.15, 0.2) is 0 Å². The van der Waals surface area contributed by atoms with Gasteiger partial charge in [-0.1, -0.05) is 19.3 Å². The van der Waals surface area contributed by atoms with E-state index in [1.165, 1.54) is 19.3 Å². The average Bonchev–Trinajstić information content (AvgIpc) is 2.67. The summed E-state index contributed by atoms with van der Waals surface area (Å²) >= 11 is 0. The largest absolute Gasteiger partial charge is 0.466 e. The van der Waals surface area contributed by atoms with E-state index < -0.39 is 0 Å². The van der Waals surface area contributed by atoms with Crippen LogP contribution in [-0.4, -0.2) is 23.8 Å². The predicted octanol–water partition coefficient (Wildman–Crippen LogP) is 3.14. The number of esters is 1. The standard InChI is InChI=1S/C14H24O4/c1-3-16-12(15)7-10-13(2)11-14(18-17-13)8-5-4-6-9-14/h3-11H2,1-2H3. The van der Waals surface area contributed by atoms with Crippen LogP contribution in [0, 0.1) is 0 Å². The van der Waals surface area contributed by atoms with Crippen LogP contribution >= 0.6 is 0 Å². The first-order valence-electron chi connectivity index (χ1n) is 7.10. The van der Waals surface area contributed by atoms with Gasteiger partial charge in [0.25, 0.3) is 0 Å². The molecule has 0 aromatic heterocycles. The summed E-state index contributed by atoms with van der Waals surface area (Å²) in [5.41, 5.74) is -0.411. The first-order chi connectivity index (χ1) is 8.58. The van der Waals surface area contributed by atoms with Gasteiger partial charge >= 0.3 is 5.97 Å². The smallest absolute Gasteiger partial charge is 0.305 e. The van der Waals surface area contributed by atoms with E-state index in [4.69, 9.17) is 14.5 Å². The van der Waals surface area contributed by atoms with Gasteiger partial charge in [0, 0.05) is 12.8 Å². The van der Waals surface area contributed by atoms with Crippen LogP contribution in [0.5, 0.6) is 0 Å². The zero-order valence-electron chi connectivity index (χ0n) is 11.5. The van der Waals surface area contributed by atoms with E-state index in [0.29, 0.717) is 19.4 Å². The van der Waals surface area contributed by atoms with Crippen LogP contribution in [0.25, 0.3) is 0 Å². The monoisotopic (exact) mass is 256 g/mol. The number of hydrogen-bond donors (Lipinski definition) is 0. The van der Waals surface area contributed by atoms with Gasteiger partial charge in [-0.15, -0.1) is 0 Å². The minimum Gasteiger partial charge on any atom is -0.466 e. The summed E-state index contributed by atoms with van der Waals surface area (Å²) in [5.74, 6) is -0.146. The first kappa shape index (κ1) is 13.8. The third-order valence-corrected chi connectivity index (χ3v) is 4.04. The van der Waals surface area contributed by atoms with E-state index >= 15 is 0 Å². The Morgan fingerprint density at radius 1 is 1.22 bits per heavy atom. The van der Waals surface area contributed by atoms with E-state index in [9.17, 15) is 4.79 Å². The maximum Gasteiger partial charge on any atom is 0.305 e. The van der Waals surface area contributed by atoms with Crippen LogP contribution in [0.1, 0.15) is 65.2 Å². The van der Waals surface area contributed by atoms with Gasteiger partial charge in [-0.2, -0.15) is 0 Å². The summed E-state index contributed by atoms with van der Waals surface area (Å²) in [6.45, 7) is 4.30. The van der Waals surface area contributed by atoms with Crippen molar-refractivity contribution in [3.8, 4) is 0 Å². The molecule has 1 aliphatic carbocycles. The Bertz CT molecular complexity index is 296. The van der Waals surface area contributed by atoms with Crippen LogP contribution in [-0.2, 0) is 19.3 Å². The topological polar surface area (TPSA) is 44.8 Å². The van der Waals surface area contributed by atoms with Gasteiger partial charge in [0.2, 0.25) is 0 Å². The number of ether oxygens (including phenoxy) is 1. The molecule has 2 fully saturated rings. The second-order valence-electron chi connectivity index (χ2n) is 5.84. The van der Waals surface area contributed by atoms with E-state index in [1.807, 2.05) is 13.8 Å². The molecule has 4 nitrogen and oxygen atoms in total. The second kappa shape index (κ2) is 5.57. The van der Waals surface area contributed by atoms with Crippen LogP contribution in [0.15, 0.2) is 0 Å². The van der Waals surface area contributed by atoms with Crippen molar-refractivity contribution >= 4 is 5.97 Å². The zero-order chi connectivity index (χ0) is 13.1. The number of carbonyl (C=O) groups is 1. The highest BCUT2D eigenvalue weighted by Crippen LogP contribution is 2.46. The highest BCUT2D eigenvalue weighted by Gasteiger charge is 2.49. The average molecular weight is 256 g/mol. The van der Waals surface area contributed by atoms with Crippen molar-refractivity contribution in [1.82, 2.24) is 0 Å². The molecule has 1 atom stereocenters. The molecule has 0 aromatic carbocycles. The Labute approximate surface area is 109 Å². The Morgan fingerprint density at radius 2 is 1.94 bits per heavy atom. The molecule has 104 valence electrons. The van der Waals surface area contributed by atoms with Crippen LogP contribution < -0.4 is 0 Å². The lowest BCUT2D eigenvalue weighted by molar-refractivity contribution is -0.352. The maximum absolute atomic E-state index is 11.4. The zero-order valence-corrected chi connectivity index (χ0v) is 11.5. The SMILES string of the molecule is CCOC(=O)CCC1(C)CC2(CCCCC2)OO1. The second-order valence-corrected chi connectivity index (χ2v) is 5.84. The van der Waals surface area contributed by atoms with Crippen LogP contribution in [0.3, 0.4) is 0 Å². The highest BCUT2D eigenvalue weighted by atomic mass is 17.2. The Morgan fingerprint density at radius 3 is 2.61 bits per heavy atom. The lowest BCUT2D eigenvalue weighted by Crippen LogP contribution is -2.33. The molecule has 0 radical (unpaired) electrons. The molecule has 2 aliphatic rings. The molecule has 0 aromatic rings. The van der Waals surface area contributed by atoms with E-state index in [1.54, 1.807) is 0 Å². The summed E-state index contributed by atoms with van der Waals surface area (Å²) in [6, 6.07) is 0. The van der Waals surface area contributed by atoms with Gasteiger partial charge in [-0.25, -0.2) is 9.78 Å². The highest BCUT2D eigenvalue weighted by molar-refractivity contribution is 5.69. The molecule has 0 N–H and O–H groups in total. The van der Waals surface area contributed by atoms with Crippen molar-refractivity contribution in [2.75, 3.05) is 6.61 Å². The minimum absolute atomic E-state index is 0.0817. The summed E-state index contributed by atoms with van der Waals surface area (Å²) in [4.78, 5) is 22.6. The fourth-order valence-corrected chi connectivity index (χ4v) is 3.12. The molecule has 18 heavy (non-hydrogen) atoms. The Hall–Kier alpha value is -0.610. The van der Waals surface area contributed by atoms with E-state index in [0.717, 1.165) is 19.3 Å². The molecule has 0 amide bonds. The van der Waals surface area contributed by atoms with Crippen molar-refractivity contribution in [3.63, 3.8) is 0 Å². The van der Waals surface area contributed by atoms with Gasteiger partial charge in [0.05, 0.1) is 6.61 Å². The quantitative estimate of drug-likeness (QED) is 0.572. The van der Waals surface area contributed by atoms with Gasteiger partial charge in [-0.05, 0) is 33.1 Å². The van der Waals surface area contributed by atoms with Crippen molar-refractivity contribution in [1.29, 1.82) is 0 Å². The minimum atomic E-state index is -0.329. The number of hydrogen-bond acceptors (Lipinski definition) is 4. The molecular formula is C14H24O4. The predicted molar refractivity (Wildman–Crippen MR) is 66.9 cm³/mol. The molecule has 2 rings (SSSR count). The van der Waals surface area contributed by atoms with Crippen LogP contribution in [0.4, 0.5) is 0 Å². The molecule has 1 heterocycles. The third-order valence-electron chi connectivity index (χ3n) is 4.04. The number of carbonyl (C=O) groups excluding carboxylic acids is 1. The van der Waals surface area contributed by atoms with E-state index in [2.05, 4.69) is 0 Å². The summed E-state index contributed by atoms with van der Waals surface area (Å²) in [6.07, 6.45) is 7.89. The van der Waals surface area contributed by atoms with Crippen molar-refractivity contribution < 1.29 is 19.3 Å². The molecule has 1 aliphatic heterocycles. The van der Waals surface area contributed by atoms with Gasteiger partial charge in [0.1, 0.15) is 11.2 Å². The summed E-state index contributed by atoms with van der Waals surface area (Å²) in [5, 5.41) is 0. The van der Waals surface area contributed by atoms with E-state index in [-0.39, 0.29) is 17.2 Å². The number of rotatable bonds is 4. The maximum atomic E-state index is 11.4. The normalized spacial score (nSPS) is 30.6. The molecule has 1 spiro atoms. The Kier molecular flexibility index (Phi) is 4.28. The van der Waals surface area contributed by atoms with Gasteiger partial charge in [-0.3, -0.25) is 4.79 Å². The molecule has 1 saturated heterocycles.